The first-order valence-electron chi connectivity index (χ1n) is 6.34. The maximum Gasteiger partial charge on any atom is 0.230 e. The maximum atomic E-state index is 13.2. The summed E-state index contributed by atoms with van der Waals surface area (Å²) < 4.78 is 18.3. The average molecular weight is 303 g/mol. The third-order valence-electron chi connectivity index (χ3n) is 3.24. The van der Waals surface area contributed by atoms with Crippen LogP contribution in [0, 0.1) is 12.7 Å². The lowest BCUT2D eigenvalue weighted by Crippen LogP contribution is -1.89. The summed E-state index contributed by atoms with van der Waals surface area (Å²) in [5.41, 5.74) is 9.61. The number of nitrogen functional groups attached to an aromatic ring is 1. The first kappa shape index (κ1) is 13.6. The molecule has 0 saturated heterocycles. The van der Waals surface area contributed by atoms with E-state index >= 15 is 0 Å². The standard InChI is InChI=1S/C16H12ClFN2O/c1-9-2-4-10(5-3-9)15-14(16(19)21-20-15)12-7-6-11(18)8-13(12)17/h2-8H,19H2,1H3. The molecule has 0 radical (unpaired) electrons. The molecule has 2 N–H and O–H groups in total. The Hall–Kier alpha value is -2.33. The topological polar surface area (TPSA) is 52.0 Å². The third-order valence-corrected chi connectivity index (χ3v) is 3.56. The van der Waals surface area contributed by atoms with Crippen molar-refractivity contribution in [1.82, 2.24) is 5.16 Å². The molecule has 0 unspecified atom stereocenters. The molecule has 0 spiro atoms. The SMILES string of the molecule is Cc1ccc(-c2noc(N)c2-c2ccc(F)cc2Cl)cc1. The van der Waals surface area contributed by atoms with Gasteiger partial charge in [-0.05, 0) is 25.1 Å². The smallest absolute Gasteiger partial charge is 0.230 e. The third kappa shape index (κ3) is 2.50. The molecule has 106 valence electrons. The highest BCUT2D eigenvalue weighted by molar-refractivity contribution is 6.33. The van der Waals surface area contributed by atoms with Crippen molar-refractivity contribution >= 4 is 17.5 Å². The number of aryl methyl sites for hydroxylation is 1. The van der Waals surface area contributed by atoms with Crippen LogP contribution in [0.25, 0.3) is 22.4 Å². The molecule has 5 heteroatoms. The Kier molecular flexibility index (Phi) is 3.39. The van der Waals surface area contributed by atoms with Gasteiger partial charge in [0.15, 0.2) is 0 Å². The molecule has 0 amide bonds. The van der Waals surface area contributed by atoms with Gasteiger partial charge < -0.3 is 10.3 Å². The van der Waals surface area contributed by atoms with E-state index in [1.807, 2.05) is 31.2 Å². The van der Waals surface area contributed by atoms with Gasteiger partial charge in [0.05, 0.1) is 10.6 Å². The molecular weight excluding hydrogens is 291 g/mol. The predicted molar refractivity (Wildman–Crippen MR) is 81.5 cm³/mol. The second kappa shape index (κ2) is 5.22. The van der Waals surface area contributed by atoms with E-state index in [-0.39, 0.29) is 10.9 Å². The predicted octanol–water partition coefficient (Wildman–Crippen LogP) is 4.69. The number of halogens is 2. The molecule has 0 aliphatic carbocycles. The van der Waals surface area contributed by atoms with Crippen LogP contribution in [0.1, 0.15) is 5.56 Å². The molecule has 0 atom stereocenters. The zero-order chi connectivity index (χ0) is 15.0. The minimum atomic E-state index is -0.407. The molecule has 3 aromatic rings. The fourth-order valence-corrected chi connectivity index (χ4v) is 2.43. The minimum absolute atomic E-state index is 0.152. The van der Waals surface area contributed by atoms with Gasteiger partial charge >= 0.3 is 0 Å². The Balaban J connectivity index is 2.19. The fourth-order valence-electron chi connectivity index (χ4n) is 2.16. The van der Waals surface area contributed by atoms with Crippen molar-refractivity contribution in [2.75, 3.05) is 5.73 Å². The van der Waals surface area contributed by atoms with Crippen molar-refractivity contribution in [2.45, 2.75) is 6.92 Å². The Bertz CT molecular complexity index is 797. The molecule has 0 saturated carbocycles. The maximum absolute atomic E-state index is 13.2. The van der Waals surface area contributed by atoms with E-state index in [2.05, 4.69) is 5.16 Å². The highest BCUT2D eigenvalue weighted by Gasteiger charge is 2.19. The van der Waals surface area contributed by atoms with Crippen LogP contribution in [0.15, 0.2) is 47.0 Å². The number of hydrogen-bond acceptors (Lipinski definition) is 3. The molecule has 21 heavy (non-hydrogen) atoms. The molecule has 0 fully saturated rings. The van der Waals surface area contributed by atoms with Crippen LogP contribution < -0.4 is 5.73 Å². The van der Waals surface area contributed by atoms with Crippen molar-refractivity contribution in [1.29, 1.82) is 0 Å². The van der Waals surface area contributed by atoms with Crippen LogP contribution in [-0.2, 0) is 0 Å². The molecule has 1 heterocycles. The highest BCUT2D eigenvalue weighted by Crippen LogP contribution is 2.39. The van der Waals surface area contributed by atoms with E-state index in [1.165, 1.54) is 12.1 Å². The summed E-state index contributed by atoms with van der Waals surface area (Å²) in [6.45, 7) is 2.00. The molecule has 3 nitrogen and oxygen atoms in total. The normalized spacial score (nSPS) is 10.8. The van der Waals surface area contributed by atoms with E-state index in [9.17, 15) is 4.39 Å². The van der Waals surface area contributed by atoms with Crippen molar-refractivity contribution in [3.8, 4) is 22.4 Å². The van der Waals surface area contributed by atoms with Gasteiger partial charge in [-0.2, -0.15) is 0 Å². The van der Waals surface area contributed by atoms with Gasteiger partial charge in [-0.15, -0.1) is 0 Å². The second-order valence-corrected chi connectivity index (χ2v) is 5.17. The summed E-state index contributed by atoms with van der Waals surface area (Å²) in [5.74, 6) is -0.255. The van der Waals surface area contributed by atoms with Gasteiger partial charge in [-0.25, -0.2) is 4.39 Å². The van der Waals surface area contributed by atoms with Crippen LogP contribution in [0.5, 0.6) is 0 Å². The summed E-state index contributed by atoms with van der Waals surface area (Å²) in [5, 5.41) is 4.27. The average Bonchev–Trinajstić information content (AvgIpc) is 2.82. The minimum Gasteiger partial charge on any atom is -0.367 e. The van der Waals surface area contributed by atoms with Crippen LogP contribution in [0.4, 0.5) is 10.3 Å². The number of rotatable bonds is 2. The van der Waals surface area contributed by atoms with Crippen molar-refractivity contribution < 1.29 is 8.91 Å². The summed E-state index contributed by atoms with van der Waals surface area (Å²) >= 11 is 6.11. The molecule has 0 aliphatic rings. The molecule has 1 aromatic heterocycles. The number of nitrogens with zero attached hydrogens (tertiary/aromatic N) is 1. The van der Waals surface area contributed by atoms with Crippen LogP contribution in [-0.4, -0.2) is 5.16 Å². The summed E-state index contributed by atoms with van der Waals surface area (Å²) in [6.07, 6.45) is 0. The number of hydrogen-bond donors (Lipinski definition) is 1. The molecule has 3 rings (SSSR count). The van der Waals surface area contributed by atoms with Crippen molar-refractivity contribution in [3.63, 3.8) is 0 Å². The Morgan fingerprint density at radius 2 is 1.86 bits per heavy atom. The molecule has 0 aliphatic heterocycles. The summed E-state index contributed by atoms with van der Waals surface area (Å²) in [6, 6.07) is 11.9. The van der Waals surface area contributed by atoms with Gasteiger partial charge in [0.25, 0.3) is 0 Å². The lowest BCUT2D eigenvalue weighted by atomic mass is 10.00. The van der Waals surface area contributed by atoms with E-state index in [1.54, 1.807) is 6.07 Å². The van der Waals surface area contributed by atoms with Gasteiger partial charge in [-0.1, -0.05) is 46.6 Å². The zero-order valence-corrected chi connectivity index (χ0v) is 12.0. The summed E-state index contributed by atoms with van der Waals surface area (Å²) in [4.78, 5) is 0. The largest absolute Gasteiger partial charge is 0.367 e. The lowest BCUT2D eigenvalue weighted by molar-refractivity contribution is 0.439. The van der Waals surface area contributed by atoms with E-state index in [0.717, 1.165) is 11.1 Å². The first-order valence-corrected chi connectivity index (χ1v) is 6.71. The fraction of sp³-hybridized carbons (Fsp3) is 0.0625. The Morgan fingerprint density at radius 3 is 2.52 bits per heavy atom. The number of nitrogens with two attached hydrogens (primary N) is 1. The summed E-state index contributed by atoms with van der Waals surface area (Å²) in [7, 11) is 0. The van der Waals surface area contributed by atoms with E-state index in [0.29, 0.717) is 16.8 Å². The van der Waals surface area contributed by atoms with E-state index < -0.39 is 5.82 Å². The van der Waals surface area contributed by atoms with Gasteiger partial charge in [0.1, 0.15) is 11.5 Å². The monoisotopic (exact) mass is 302 g/mol. The Labute approximate surface area is 126 Å². The number of anilines is 1. The van der Waals surface area contributed by atoms with Crippen molar-refractivity contribution in [2.24, 2.45) is 0 Å². The zero-order valence-electron chi connectivity index (χ0n) is 11.2. The Morgan fingerprint density at radius 1 is 1.14 bits per heavy atom. The van der Waals surface area contributed by atoms with Gasteiger partial charge in [0.2, 0.25) is 5.88 Å². The quantitative estimate of drug-likeness (QED) is 0.747. The second-order valence-electron chi connectivity index (χ2n) is 4.76. The molecule has 0 bridgehead atoms. The highest BCUT2D eigenvalue weighted by atomic mass is 35.5. The number of benzene rings is 2. The van der Waals surface area contributed by atoms with Crippen LogP contribution in [0.3, 0.4) is 0 Å². The first-order chi connectivity index (χ1) is 10.1. The lowest BCUT2D eigenvalue weighted by Gasteiger charge is -2.05. The van der Waals surface area contributed by atoms with E-state index in [4.69, 9.17) is 21.9 Å². The molecule has 2 aromatic carbocycles. The van der Waals surface area contributed by atoms with Crippen LogP contribution in [0.2, 0.25) is 5.02 Å². The van der Waals surface area contributed by atoms with Gasteiger partial charge in [0, 0.05) is 11.1 Å². The molecular formula is C16H12ClFN2O. The number of aromatic nitrogens is 1. The van der Waals surface area contributed by atoms with Gasteiger partial charge in [-0.3, -0.25) is 0 Å². The van der Waals surface area contributed by atoms with Crippen molar-refractivity contribution in [3.05, 3.63) is 58.9 Å². The van der Waals surface area contributed by atoms with Crippen LogP contribution >= 0.6 is 11.6 Å².